The number of anilines is 1. The Morgan fingerprint density at radius 1 is 1.07 bits per heavy atom. The molecule has 0 saturated carbocycles. The van der Waals surface area contributed by atoms with Crippen LogP contribution in [-0.4, -0.2) is 43.0 Å². The van der Waals surface area contributed by atoms with Gasteiger partial charge >= 0.3 is 0 Å². The summed E-state index contributed by atoms with van der Waals surface area (Å²) < 4.78 is 1.08. The van der Waals surface area contributed by atoms with Crippen LogP contribution in [0.4, 0.5) is 5.13 Å². The molecule has 0 radical (unpaired) electrons. The van der Waals surface area contributed by atoms with E-state index < -0.39 is 0 Å². The van der Waals surface area contributed by atoms with E-state index in [0.29, 0.717) is 27.3 Å². The monoisotopic (exact) mass is 421 g/mol. The number of fused-ring (bicyclic) bond motifs is 1. The molecule has 1 aromatic heterocycles. The predicted molar refractivity (Wildman–Crippen MR) is 116 cm³/mol. The fourth-order valence-corrected chi connectivity index (χ4v) is 4.29. The topological polar surface area (TPSA) is 36.4 Å². The fraction of sp³-hybridized carbons (Fsp3) is 0.300. The summed E-state index contributed by atoms with van der Waals surface area (Å²) in [5, 5.41) is 1.56. The summed E-state index contributed by atoms with van der Waals surface area (Å²) in [5.41, 5.74) is 2.62. The van der Waals surface area contributed by atoms with Crippen molar-refractivity contribution in [2.45, 2.75) is 13.3 Å². The van der Waals surface area contributed by atoms with Gasteiger partial charge in [-0.1, -0.05) is 47.5 Å². The van der Waals surface area contributed by atoms with E-state index in [2.05, 4.69) is 19.1 Å². The number of hydrogen-bond acceptors (Lipinski definition) is 4. The van der Waals surface area contributed by atoms with Crippen LogP contribution in [0.3, 0.4) is 0 Å². The maximum absolute atomic E-state index is 13.2. The molecule has 0 aliphatic carbocycles. The zero-order valence-electron chi connectivity index (χ0n) is 15.5. The lowest BCUT2D eigenvalue weighted by Crippen LogP contribution is -2.36. The van der Waals surface area contributed by atoms with E-state index in [1.54, 1.807) is 23.1 Å². The van der Waals surface area contributed by atoms with Crippen molar-refractivity contribution < 1.29 is 4.79 Å². The van der Waals surface area contributed by atoms with Crippen LogP contribution < -0.4 is 4.90 Å². The molecule has 4 nitrogen and oxygen atoms in total. The smallest absolute Gasteiger partial charge is 0.260 e. The minimum atomic E-state index is -0.156. The minimum absolute atomic E-state index is 0.156. The van der Waals surface area contributed by atoms with Crippen LogP contribution in [0.1, 0.15) is 22.8 Å². The average molecular weight is 422 g/mol. The molecule has 0 atom stereocenters. The Labute approximate surface area is 173 Å². The minimum Gasteiger partial charge on any atom is -0.308 e. The molecule has 1 amide bonds. The second kappa shape index (κ2) is 8.57. The summed E-state index contributed by atoms with van der Waals surface area (Å²) in [6.45, 7) is 3.37. The van der Waals surface area contributed by atoms with Crippen LogP contribution in [-0.2, 0) is 6.42 Å². The largest absolute Gasteiger partial charge is 0.308 e. The number of rotatable bonds is 6. The van der Waals surface area contributed by atoms with E-state index in [1.165, 1.54) is 16.9 Å². The molecule has 3 aromatic rings. The number of halogens is 2. The molecule has 2 aromatic carbocycles. The van der Waals surface area contributed by atoms with Crippen molar-refractivity contribution in [1.82, 2.24) is 9.88 Å². The molecule has 27 heavy (non-hydrogen) atoms. The van der Waals surface area contributed by atoms with E-state index in [4.69, 9.17) is 28.2 Å². The zero-order valence-corrected chi connectivity index (χ0v) is 17.8. The van der Waals surface area contributed by atoms with Gasteiger partial charge in [-0.25, -0.2) is 4.98 Å². The van der Waals surface area contributed by atoms with E-state index in [1.807, 2.05) is 25.1 Å². The highest BCUT2D eigenvalue weighted by Gasteiger charge is 2.22. The van der Waals surface area contributed by atoms with Crippen LogP contribution in [0.15, 0.2) is 36.4 Å². The molecule has 0 bridgehead atoms. The molecule has 0 spiro atoms. The Kier molecular flexibility index (Phi) is 6.37. The van der Waals surface area contributed by atoms with Gasteiger partial charge in [-0.05, 0) is 56.4 Å². The summed E-state index contributed by atoms with van der Waals surface area (Å²) in [6.07, 6.45) is 0.966. The SMILES string of the molecule is CCc1ccc2nc(N(CCN(C)C)C(=O)c3cc(Cl)cc(Cl)c3)sc2c1. The maximum Gasteiger partial charge on any atom is 0.260 e. The molecule has 0 saturated heterocycles. The third-order valence-electron chi connectivity index (χ3n) is 4.21. The standard InChI is InChI=1S/C20H21Cl2N3OS/c1-4-13-5-6-17-18(9-13)27-20(23-17)25(8-7-24(2)3)19(26)14-10-15(21)12-16(22)11-14/h5-6,9-12H,4,7-8H2,1-3H3. The van der Waals surface area contributed by atoms with Gasteiger partial charge in [0, 0.05) is 28.7 Å². The van der Waals surface area contributed by atoms with Crippen molar-refractivity contribution >= 4 is 55.8 Å². The quantitative estimate of drug-likeness (QED) is 0.536. The lowest BCUT2D eigenvalue weighted by atomic mass is 10.2. The van der Waals surface area contributed by atoms with Gasteiger partial charge in [-0.15, -0.1) is 0 Å². The Hall–Kier alpha value is -1.66. The first-order valence-electron chi connectivity index (χ1n) is 8.69. The number of likely N-dealkylation sites (N-methyl/N-ethyl adjacent to an activating group) is 1. The van der Waals surface area contributed by atoms with E-state index in [9.17, 15) is 4.79 Å². The maximum atomic E-state index is 13.2. The molecule has 0 aliphatic heterocycles. The van der Waals surface area contributed by atoms with Crippen LogP contribution in [0, 0.1) is 0 Å². The van der Waals surface area contributed by atoms with Gasteiger partial charge in [0.1, 0.15) is 0 Å². The first-order valence-corrected chi connectivity index (χ1v) is 10.3. The molecule has 142 valence electrons. The number of carbonyl (C=O) groups is 1. The molecular formula is C20H21Cl2N3OS. The Balaban J connectivity index is 2.01. The second-order valence-electron chi connectivity index (χ2n) is 6.57. The third-order valence-corrected chi connectivity index (χ3v) is 5.68. The number of amides is 1. The van der Waals surface area contributed by atoms with Crippen LogP contribution >= 0.6 is 34.5 Å². The highest BCUT2D eigenvalue weighted by Crippen LogP contribution is 2.31. The van der Waals surface area contributed by atoms with E-state index in [-0.39, 0.29) is 5.91 Å². The molecule has 3 rings (SSSR count). The summed E-state index contributed by atoms with van der Waals surface area (Å²) >= 11 is 13.7. The number of carbonyl (C=O) groups excluding carboxylic acids is 1. The number of hydrogen-bond donors (Lipinski definition) is 0. The zero-order chi connectivity index (χ0) is 19.6. The van der Waals surface area contributed by atoms with Crippen LogP contribution in [0.25, 0.3) is 10.2 Å². The van der Waals surface area contributed by atoms with Gasteiger partial charge in [-0.2, -0.15) is 0 Å². The summed E-state index contributed by atoms with van der Waals surface area (Å²) in [6, 6.07) is 11.1. The molecular weight excluding hydrogens is 401 g/mol. The molecule has 0 N–H and O–H groups in total. The van der Waals surface area contributed by atoms with Gasteiger partial charge in [0.25, 0.3) is 5.91 Å². The number of aromatic nitrogens is 1. The number of benzene rings is 2. The lowest BCUT2D eigenvalue weighted by Gasteiger charge is -2.22. The van der Waals surface area contributed by atoms with Gasteiger partial charge in [-0.3, -0.25) is 9.69 Å². The summed E-state index contributed by atoms with van der Waals surface area (Å²) in [5.74, 6) is -0.156. The van der Waals surface area contributed by atoms with Crippen molar-refractivity contribution in [2.75, 3.05) is 32.1 Å². The second-order valence-corrected chi connectivity index (χ2v) is 8.45. The molecule has 0 aliphatic rings. The molecule has 0 fully saturated rings. The number of thiazole rings is 1. The molecule has 0 unspecified atom stereocenters. The van der Waals surface area contributed by atoms with Crippen LogP contribution in [0.5, 0.6) is 0 Å². The van der Waals surface area contributed by atoms with Crippen molar-refractivity contribution in [3.63, 3.8) is 0 Å². The summed E-state index contributed by atoms with van der Waals surface area (Å²) in [7, 11) is 3.95. The highest BCUT2D eigenvalue weighted by atomic mass is 35.5. The normalized spacial score (nSPS) is 11.3. The van der Waals surface area contributed by atoms with Gasteiger partial charge in [0.15, 0.2) is 5.13 Å². The van der Waals surface area contributed by atoms with Gasteiger partial charge < -0.3 is 4.90 Å². The molecule has 1 heterocycles. The number of aryl methyl sites for hydroxylation is 1. The van der Waals surface area contributed by atoms with Crippen molar-refractivity contribution in [1.29, 1.82) is 0 Å². The average Bonchev–Trinajstić information content (AvgIpc) is 3.03. The third kappa shape index (κ3) is 4.79. The van der Waals surface area contributed by atoms with Crippen molar-refractivity contribution in [2.24, 2.45) is 0 Å². The summed E-state index contributed by atoms with van der Waals surface area (Å²) in [4.78, 5) is 21.7. The first kappa shape index (κ1) is 20.1. The Bertz CT molecular complexity index is 951. The first-order chi connectivity index (χ1) is 12.9. The Morgan fingerprint density at radius 2 is 1.78 bits per heavy atom. The van der Waals surface area contributed by atoms with Gasteiger partial charge in [0.2, 0.25) is 0 Å². The Morgan fingerprint density at radius 3 is 2.41 bits per heavy atom. The predicted octanol–water partition coefficient (Wildman–Crippen LogP) is 5.37. The van der Waals surface area contributed by atoms with Crippen LogP contribution in [0.2, 0.25) is 10.0 Å². The van der Waals surface area contributed by atoms with E-state index in [0.717, 1.165) is 23.2 Å². The van der Waals surface area contributed by atoms with Gasteiger partial charge in [0.05, 0.1) is 10.2 Å². The lowest BCUT2D eigenvalue weighted by molar-refractivity contribution is 0.0985. The van der Waals surface area contributed by atoms with Crippen molar-refractivity contribution in [3.8, 4) is 0 Å². The highest BCUT2D eigenvalue weighted by molar-refractivity contribution is 7.22. The number of nitrogens with zero attached hydrogens (tertiary/aromatic N) is 3. The van der Waals surface area contributed by atoms with Crippen molar-refractivity contribution in [3.05, 3.63) is 57.6 Å². The molecule has 7 heteroatoms. The fourth-order valence-electron chi connectivity index (χ4n) is 2.71. The van der Waals surface area contributed by atoms with E-state index >= 15 is 0 Å².